The fourth-order valence-electron chi connectivity index (χ4n) is 4.69. The molecule has 156 valence electrons. The predicted molar refractivity (Wildman–Crippen MR) is 138 cm³/mol. The van der Waals surface area contributed by atoms with Gasteiger partial charge in [0.2, 0.25) is 0 Å². The molecule has 0 saturated heterocycles. The molecular formula is C31H22N2. The van der Waals surface area contributed by atoms with Crippen LogP contribution >= 0.6 is 0 Å². The van der Waals surface area contributed by atoms with E-state index < -0.39 is 0 Å². The maximum atomic E-state index is 4.59. The molecule has 0 amide bonds. The first-order valence-electron chi connectivity index (χ1n) is 11.2. The molecule has 0 spiro atoms. The lowest BCUT2D eigenvalue weighted by Crippen LogP contribution is -1.93. The van der Waals surface area contributed by atoms with Crippen LogP contribution in [0.2, 0.25) is 0 Å². The van der Waals surface area contributed by atoms with E-state index in [2.05, 4.69) is 113 Å². The van der Waals surface area contributed by atoms with Crippen LogP contribution in [-0.2, 0) is 0 Å². The lowest BCUT2D eigenvalue weighted by Gasteiger charge is -2.18. The van der Waals surface area contributed by atoms with Crippen LogP contribution in [0, 0.1) is 6.92 Å². The van der Waals surface area contributed by atoms with E-state index in [1.165, 1.54) is 43.8 Å². The summed E-state index contributed by atoms with van der Waals surface area (Å²) in [6, 6.07) is 36.7. The number of fused-ring (bicyclic) bond motifs is 2. The molecule has 0 radical (unpaired) electrons. The van der Waals surface area contributed by atoms with Crippen LogP contribution in [0.15, 0.2) is 116 Å². The van der Waals surface area contributed by atoms with Gasteiger partial charge >= 0.3 is 0 Å². The highest BCUT2D eigenvalue weighted by molar-refractivity contribution is 6.21. The van der Waals surface area contributed by atoms with Gasteiger partial charge in [0.25, 0.3) is 0 Å². The molecule has 6 aromatic rings. The van der Waals surface area contributed by atoms with E-state index in [1.54, 1.807) is 0 Å². The molecule has 2 nitrogen and oxygen atoms in total. The summed E-state index contributed by atoms with van der Waals surface area (Å²) in [4.78, 5) is 9.18. The topological polar surface area (TPSA) is 25.8 Å². The molecule has 0 unspecified atom stereocenters. The molecule has 1 heterocycles. The highest BCUT2D eigenvalue weighted by atomic mass is 14.9. The van der Waals surface area contributed by atoms with Gasteiger partial charge in [0, 0.05) is 18.0 Å². The molecule has 5 aromatic carbocycles. The third kappa shape index (κ3) is 3.37. The highest BCUT2D eigenvalue weighted by Gasteiger charge is 2.17. The first-order chi connectivity index (χ1) is 16.3. The van der Waals surface area contributed by atoms with Crippen molar-refractivity contribution in [2.24, 2.45) is 0 Å². The van der Waals surface area contributed by atoms with Crippen LogP contribution in [0.4, 0.5) is 0 Å². The van der Waals surface area contributed by atoms with E-state index in [0.29, 0.717) is 0 Å². The van der Waals surface area contributed by atoms with Crippen molar-refractivity contribution in [3.05, 3.63) is 121 Å². The lowest BCUT2D eigenvalue weighted by molar-refractivity contribution is 1.14. The molecule has 0 saturated carbocycles. The van der Waals surface area contributed by atoms with Crippen molar-refractivity contribution >= 4 is 21.5 Å². The summed E-state index contributed by atoms with van der Waals surface area (Å²) in [5, 5.41) is 4.95. The largest absolute Gasteiger partial charge is 0.236 e. The minimum absolute atomic E-state index is 0.746. The maximum absolute atomic E-state index is 4.59. The van der Waals surface area contributed by atoms with Crippen LogP contribution in [0.25, 0.3) is 55.2 Å². The van der Waals surface area contributed by atoms with Crippen LogP contribution in [0.1, 0.15) is 5.56 Å². The van der Waals surface area contributed by atoms with E-state index in [1.807, 2.05) is 19.3 Å². The second-order valence-electron chi connectivity index (χ2n) is 8.37. The molecule has 0 N–H and O–H groups in total. The molecule has 1 aromatic heterocycles. The van der Waals surface area contributed by atoms with Gasteiger partial charge in [-0.15, -0.1) is 0 Å². The Bertz CT molecular complexity index is 1590. The Balaban J connectivity index is 1.77. The number of hydrogen-bond donors (Lipinski definition) is 0. The van der Waals surface area contributed by atoms with Crippen LogP contribution < -0.4 is 0 Å². The molecule has 33 heavy (non-hydrogen) atoms. The molecule has 0 aliphatic carbocycles. The van der Waals surface area contributed by atoms with E-state index in [-0.39, 0.29) is 0 Å². The third-order valence-electron chi connectivity index (χ3n) is 6.19. The summed E-state index contributed by atoms with van der Waals surface area (Å²) in [6.45, 7) is 2.01. The standard InChI is InChI=1S/C31H22N2/c1-21-19-32-31(33-20-21)24-16-17-27-28(18-24)30(23-12-6-3-7-13-23)26-15-9-8-14-25(26)29(27)22-10-4-2-5-11-22/h2-20H,1H3. The van der Waals surface area contributed by atoms with E-state index in [9.17, 15) is 0 Å². The number of hydrogen-bond acceptors (Lipinski definition) is 2. The second-order valence-corrected chi connectivity index (χ2v) is 8.37. The fraction of sp³-hybridized carbons (Fsp3) is 0.0323. The molecule has 0 aliphatic heterocycles. The minimum atomic E-state index is 0.746. The summed E-state index contributed by atoms with van der Waals surface area (Å²) in [5.41, 5.74) is 7.01. The van der Waals surface area contributed by atoms with Crippen LogP contribution in [0.5, 0.6) is 0 Å². The molecule has 0 bridgehead atoms. The molecule has 6 rings (SSSR count). The number of aromatic nitrogens is 2. The van der Waals surface area contributed by atoms with Gasteiger partial charge in [-0.05, 0) is 62.4 Å². The SMILES string of the molecule is Cc1cnc(-c2ccc3c(-c4ccccc4)c4ccccc4c(-c4ccccc4)c3c2)nc1. The fourth-order valence-corrected chi connectivity index (χ4v) is 4.69. The van der Waals surface area contributed by atoms with Crippen molar-refractivity contribution in [1.29, 1.82) is 0 Å². The van der Waals surface area contributed by atoms with Gasteiger partial charge in [0.1, 0.15) is 0 Å². The molecule has 2 heteroatoms. The van der Waals surface area contributed by atoms with Crippen molar-refractivity contribution in [1.82, 2.24) is 9.97 Å². The lowest BCUT2D eigenvalue weighted by atomic mass is 9.85. The van der Waals surface area contributed by atoms with Gasteiger partial charge < -0.3 is 0 Å². The zero-order valence-corrected chi connectivity index (χ0v) is 18.4. The van der Waals surface area contributed by atoms with Gasteiger partial charge in [-0.1, -0.05) is 97.1 Å². The van der Waals surface area contributed by atoms with Gasteiger partial charge in [-0.2, -0.15) is 0 Å². The molecular weight excluding hydrogens is 400 g/mol. The minimum Gasteiger partial charge on any atom is -0.236 e. The Morgan fingerprint density at radius 2 is 0.939 bits per heavy atom. The Labute approximate surface area is 193 Å². The number of aryl methyl sites for hydroxylation is 1. The average molecular weight is 423 g/mol. The second kappa shape index (κ2) is 7.99. The van der Waals surface area contributed by atoms with Crippen LogP contribution in [0.3, 0.4) is 0 Å². The Kier molecular flexibility index (Phi) is 4.70. The van der Waals surface area contributed by atoms with E-state index in [0.717, 1.165) is 17.0 Å². The van der Waals surface area contributed by atoms with E-state index >= 15 is 0 Å². The van der Waals surface area contributed by atoms with Gasteiger partial charge in [-0.3, -0.25) is 0 Å². The monoisotopic (exact) mass is 422 g/mol. The van der Waals surface area contributed by atoms with Gasteiger partial charge in [-0.25, -0.2) is 9.97 Å². The van der Waals surface area contributed by atoms with Crippen molar-refractivity contribution in [3.8, 4) is 33.6 Å². The first kappa shape index (κ1) is 19.4. The van der Waals surface area contributed by atoms with Gasteiger partial charge in [0.05, 0.1) is 0 Å². The van der Waals surface area contributed by atoms with Crippen molar-refractivity contribution < 1.29 is 0 Å². The van der Waals surface area contributed by atoms with Crippen molar-refractivity contribution in [2.75, 3.05) is 0 Å². The molecule has 0 atom stereocenters. The number of nitrogens with zero attached hydrogens (tertiary/aromatic N) is 2. The molecule has 0 fully saturated rings. The normalized spacial score (nSPS) is 11.2. The number of rotatable bonds is 3. The van der Waals surface area contributed by atoms with E-state index in [4.69, 9.17) is 0 Å². The quantitative estimate of drug-likeness (QED) is 0.269. The Morgan fingerprint density at radius 3 is 1.52 bits per heavy atom. The summed E-state index contributed by atoms with van der Waals surface area (Å²) < 4.78 is 0. The van der Waals surface area contributed by atoms with Crippen LogP contribution in [-0.4, -0.2) is 9.97 Å². The molecule has 0 aliphatic rings. The summed E-state index contributed by atoms with van der Waals surface area (Å²) in [5.74, 6) is 0.746. The predicted octanol–water partition coefficient (Wildman–Crippen LogP) is 8.09. The average Bonchev–Trinajstić information content (AvgIpc) is 2.88. The Morgan fingerprint density at radius 1 is 0.455 bits per heavy atom. The highest BCUT2D eigenvalue weighted by Crippen LogP contribution is 2.44. The summed E-state index contributed by atoms with van der Waals surface area (Å²) in [7, 11) is 0. The summed E-state index contributed by atoms with van der Waals surface area (Å²) in [6.07, 6.45) is 3.75. The van der Waals surface area contributed by atoms with Crippen molar-refractivity contribution in [3.63, 3.8) is 0 Å². The first-order valence-corrected chi connectivity index (χ1v) is 11.2. The zero-order chi connectivity index (χ0) is 22.2. The number of benzene rings is 5. The Hall–Kier alpha value is -4.30. The van der Waals surface area contributed by atoms with Crippen molar-refractivity contribution in [2.45, 2.75) is 6.92 Å². The third-order valence-corrected chi connectivity index (χ3v) is 6.19. The summed E-state index contributed by atoms with van der Waals surface area (Å²) >= 11 is 0. The maximum Gasteiger partial charge on any atom is 0.159 e. The smallest absolute Gasteiger partial charge is 0.159 e. The zero-order valence-electron chi connectivity index (χ0n) is 18.4. The van der Waals surface area contributed by atoms with Gasteiger partial charge in [0.15, 0.2) is 5.82 Å².